The number of amides is 3. The zero-order chi connectivity index (χ0) is 19.1. The maximum Gasteiger partial charge on any atom is 0.319 e. The Morgan fingerprint density at radius 3 is 2.26 bits per heavy atom. The summed E-state index contributed by atoms with van der Waals surface area (Å²) >= 11 is 0. The molecule has 3 rings (SSSR count). The molecular weight excluding hydrogens is 338 g/mol. The Bertz CT molecular complexity index is 753. The Morgan fingerprint density at radius 2 is 1.63 bits per heavy atom. The van der Waals surface area contributed by atoms with E-state index in [2.05, 4.69) is 10.6 Å². The maximum atomic E-state index is 12.8. The number of hydrogen-bond donors (Lipinski definition) is 2. The summed E-state index contributed by atoms with van der Waals surface area (Å²) in [6.07, 6.45) is 5.71. The van der Waals surface area contributed by atoms with Crippen LogP contribution in [-0.4, -0.2) is 24.5 Å². The van der Waals surface area contributed by atoms with Gasteiger partial charge in [-0.3, -0.25) is 4.79 Å². The fraction of sp³-hybridized carbons (Fsp3) is 0.364. The van der Waals surface area contributed by atoms with Crippen LogP contribution in [0.25, 0.3) is 0 Å². The summed E-state index contributed by atoms with van der Waals surface area (Å²) in [5.41, 5.74) is 2.15. The van der Waals surface area contributed by atoms with Crippen molar-refractivity contribution in [2.75, 3.05) is 16.8 Å². The van der Waals surface area contributed by atoms with Gasteiger partial charge in [-0.1, -0.05) is 37.5 Å². The van der Waals surface area contributed by atoms with Crippen LogP contribution < -0.4 is 15.5 Å². The van der Waals surface area contributed by atoms with Crippen molar-refractivity contribution >= 4 is 23.3 Å². The number of nitrogens with one attached hydrogen (secondary N) is 2. The molecular formula is C22H27N3O2. The molecule has 0 atom stereocenters. The molecule has 0 saturated heterocycles. The van der Waals surface area contributed by atoms with E-state index in [0.29, 0.717) is 17.8 Å². The fourth-order valence-corrected chi connectivity index (χ4v) is 3.50. The van der Waals surface area contributed by atoms with Gasteiger partial charge in [0.15, 0.2) is 0 Å². The van der Waals surface area contributed by atoms with Crippen molar-refractivity contribution in [2.24, 2.45) is 0 Å². The molecule has 1 fully saturated rings. The summed E-state index contributed by atoms with van der Waals surface area (Å²) in [6, 6.07) is 16.8. The molecule has 0 aromatic heterocycles. The molecule has 1 aliphatic rings. The molecule has 2 N–H and O–H groups in total. The highest BCUT2D eigenvalue weighted by molar-refractivity contribution is 6.06. The van der Waals surface area contributed by atoms with E-state index in [9.17, 15) is 9.59 Å². The topological polar surface area (TPSA) is 61.4 Å². The zero-order valence-corrected chi connectivity index (χ0v) is 15.8. The summed E-state index contributed by atoms with van der Waals surface area (Å²) in [5.74, 6) is -0.0538. The Hall–Kier alpha value is -2.82. The number of carbonyl (C=O) groups excluding carboxylic acids is 2. The number of nitrogens with zero attached hydrogens (tertiary/aromatic N) is 1. The Morgan fingerprint density at radius 1 is 0.963 bits per heavy atom. The van der Waals surface area contributed by atoms with Crippen LogP contribution >= 0.6 is 0 Å². The summed E-state index contributed by atoms with van der Waals surface area (Å²) in [7, 11) is 0. The van der Waals surface area contributed by atoms with Crippen LogP contribution in [0.5, 0.6) is 0 Å². The average molecular weight is 365 g/mol. The van der Waals surface area contributed by atoms with E-state index < -0.39 is 0 Å². The minimum Gasteiger partial charge on any atom is -0.335 e. The molecule has 142 valence electrons. The van der Waals surface area contributed by atoms with E-state index in [0.717, 1.165) is 18.5 Å². The minimum atomic E-state index is -0.180. The molecule has 0 unspecified atom stereocenters. The van der Waals surface area contributed by atoms with Crippen molar-refractivity contribution in [3.05, 3.63) is 60.2 Å². The highest BCUT2D eigenvalue weighted by atomic mass is 16.2. The highest BCUT2D eigenvalue weighted by Gasteiger charge is 2.17. The molecule has 27 heavy (non-hydrogen) atoms. The number of anilines is 2. The molecule has 5 heteroatoms. The monoisotopic (exact) mass is 365 g/mol. The largest absolute Gasteiger partial charge is 0.335 e. The number of para-hydroxylation sites is 1. The van der Waals surface area contributed by atoms with Crippen molar-refractivity contribution < 1.29 is 9.59 Å². The lowest BCUT2D eigenvalue weighted by Gasteiger charge is -2.23. The molecule has 0 radical (unpaired) electrons. The molecule has 1 aliphatic carbocycles. The Labute approximate surface area is 160 Å². The number of urea groups is 1. The van der Waals surface area contributed by atoms with E-state index in [1.165, 1.54) is 19.3 Å². The summed E-state index contributed by atoms with van der Waals surface area (Å²) < 4.78 is 0. The lowest BCUT2D eigenvalue weighted by Crippen LogP contribution is -2.39. The van der Waals surface area contributed by atoms with Crippen molar-refractivity contribution in [2.45, 2.75) is 45.1 Å². The first-order valence-corrected chi connectivity index (χ1v) is 9.72. The summed E-state index contributed by atoms with van der Waals surface area (Å²) in [4.78, 5) is 26.7. The molecule has 2 aromatic rings. The number of rotatable bonds is 5. The van der Waals surface area contributed by atoms with E-state index in [4.69, 9.17) is 0 Å². The van der Waals surface area contributed by atoms with Gasteiger partial charge in [-0.2, -0.15) is 0 Å². The van der Waals surface area contributed by atoms with Gasteiger partial charge in [0.25, 0.3) is 5.91 Å². The molecule has 0 aliphatic heterocycles. The van der Waals surface area contributed by atoms with Crippen LogP contribution in [0, 0.1) is 0 Å². The van der Waals surface area contributed by atoms with Gasteiger partial charge >= 0.3 is 6.03 Å². The Balaban J connectivity index is 1.60. The van der Waals surface area contributed by atoms with Crippen molar-refractivity contribution in [1.29, 1.82) is 0 Å². The summed E-state index contributed by atoms with van der Waals surface area (Å²) in [6.45, 7) is 2.54. The molecule has 2 aromatic carbocycles. The molecule has 0 heterocycles. The van der Waals surface area contributed by atoms with Crippen LogP contribution in [0.1, 0.15) is 49.4 Å². The quantitative estimate of drug-likeness (QED) is 0.799. The fourth-order valence-electron chi connectivity index (χ4n) is 3.50. The second-order valence-corrected chi connectivity index (χ2v) is 6.90. The lowest BCUT2D eigenvalue weighted by atomic mass is 9.96. The first-order chi connectivity index (χ1) is 13.2. The second kappa shape index (κ2) is 9.21. The molecule has 5 nitrogen and oxygen atoms in total. The van der Waals surface area contributed by atoms with Gasteiger partial charge in [0, 0.05) is 29.5 Å². The molecule has 3 amide bonds. The first kappa shape index (κ1) is 19.0. The Kier molecular flexibility index (Phi) is 6.47. The van der Waals surface area contributed by atoms with Crippen LogP contribution in [0.4, 0.5) is 16.2 Å². The molecule has 1 saturated carbocycles. The average Bonchev–Trinajstić information content (AvgIpc) is 2.70. The van der Waals surface area contributed by atoms with Crippen molar-refractivity contribution in [3.63, 3.8) is 0 Å². The van der Waals surface area contributed by atoms with Gasteiger partial charge < -0.3 is 15.5 Å². The second-order valence-electron chi connectivity index (χ2n) is 6.90. The van der Waals surface area contributed by atoms with Gasteiger partial charge in [-0.25, -0.2) is 4.79 Å². The zero-order valence-electron chi connectivity index (χ0n) is 15.8. The molecule has 0 spiro atoms. The van der Waals surface area contributed by atoms with E-state index >= 15 is 0 Å². The van der Waals surface area contributed by atoms with Gasteiger partial charge in [0.05, 0.1) is 0 Å². The van der Waals surface area contributed by atoms with Gasteiger partial charge in [-0.05, 0) is 56.2 Å². The predicted molar refractivity (Wildman–Crippen MR) is 109 cm³/mol. The standard InChI is InChI=1S/C22H27N3O2/c1-2-25(20-11-7-4-8-12-20)21(26)17-13-15-19(16-14-17)24-22(27)23-18-9-5-3-6-10-18/h4,7-8,11-16,18H,2-3,5-6,9-10H2,1H3,(H2,23,24,27). The van der Waals surface area contributed by atoms with Crippen LogP contribution in [-0.2, 0) is 0 Å². The minimum absolute atomic E-state index is 0.0538. The lowest BCUT2D eigenvalue weighted by molar-refractivity contribution is 0.0988. The van der Waals surface area contributed by atoms with E-state index in [-0.39, 0.29) is 18.0 Å². The number of hydrogen-bond acceptors (Lipinski definition) is 2. The highest BCUT2D eigenvalue weighted by Crippen LogP contribution is 2.19. The van der Waals surface area contributed by atoms with Crippen molar-refractivity contribution in [1.82, 2.24) is 5.32 Å². The predicted octanol–water partition coefficient (Wildman–Crippen LogP) is 4.81. The molecule has 0 bridgehead atoms. The van der Waals surface area contributed by atoms with E-state index in [1.54, 1.807) is 29.2 Å². The third-order valence-corrected chi connectivity index (χ3v) is 4.96. The van der Waals surface area contributed by atoms with Gasteiger partial charge in [0.2, 0.25) is 0 Å². The number of benzene rings is 2. The smallest absolute Gasteiger partial charge is 0.319 e. The normalized spacial score (nSPS) is 14.4. The third kappa shape index (κ3) is 5.09. The first-order valence-electron chi connectivity index (χ1n) is 9.72. The summed E-state index contributed by atoms with van der Waals surface area (Å²) in [5, 5.41) is 5.88. The van der Waals surface area contributed by atoms with Gasteiger partial charge in [0.1, 0.15) is 0 Å². The van der Waals surface area contributed by atoms with Crippen LogP contribution in [0.3, 0.4) is 0 Å². The van der Waals surface area contributed by atoms with Crippen LogP contribution in [0.15, 0.2) is 54.6 Å². The SMILES string of the molecule is CCN(C(=O)c1ccc(NC(=O)NC2CCCCC2)cc1)c1ccccc1. The number of carbonyl (C=O) groups is 2. The maximum absolute atomic E-state index is 12.8. The van der Waals surface area contributed by atoms with Crippen molar-refractivity contribution in [3.8, 4) is 0 Å². The third-order valence-electron chi connectivity index (χ3n) is 4.96. The van der Waals surface area contributed by atoms with E-state index in [1.807, 2.05) is 37.3 Å². The van der Waals surface area contributed by atoms with Crippen LogP contribution in [0.2, 0.25) is 0 Å². The van der Waals surface area contributed by atoms with Gasteiger partial charge in [-0.15, -0.1) is 0 Å².